The van der Waals surface area contributed by atoms with Crippen molar-refractivity contribution < 1.29 is 9.84 Å². The second-order valence-electron chi connectivity index (χ2n) is 5.06. The van der Waals surface area contributed by atoms with Gasteiger partial charge in [0, 0.05) is 7.05 Å². The number of fused-ring (bicyclic) bond motifs is 1. The summed E-state index contributed by atoms with van der Waals surface area (Å²) >= 11 is 0. The van der Waals surface area contributed by atoms with Crippen LogP contribution in [0.2, 0.25) is 0 Å². The van der Waals surface area contributed by atoms with E-state index >= 15 is 0 Å². The molecule has 2 aromatic heterocycles. The Bertz CT molecular complexity index is 739. The van der Waals surface area contributed by atoms with Gasteiger partial charge in [-0.25, -0.2) is 4.98 Å². The predicted molar refractivity (Wildman–Crippen MR) is 74.1 cm³/mol. The van der Waals surface area contributed by atoms with Gasteiger partial charge in [0.15, 0.2) is 17.4 Å². The van der Waals surface area contributed by atoms with Crippen LogP contribution in [0.1, 0.15) is 6.23 Å². The first-order valence-electron chi connectivity index (χ1n) is 6.42. The van der Waals surface area contributed by atoms with Crippen molar-refractivity contribution in [2.45, 2.75) is 24.4 Å². The number of aromatic nitrogens is 4. The van der Waals surface area contributed by atoms with Crippen LogP contribution >= 0.6 is 0 Å². The van der Waals surface area contributed by atoms with Crippen molar-refractivity contribution in [2.75, 3.05) is 12.3 Å². The van der Waals surface area contributed by atoms with Gasteiger partial charge in [-0.2, -0.15) is 4.98 Å². The monoisotopic (exact) mass is 295 g/mol. The van der Waals surface area contributed by atoms with Crippen LogP contribution in [0, 0.1) is 0 Å². The Morgan fingerprint density at radius 3 is 2.76 bits per heavy atom. The molecule has 1 aliphatic rings. The number of hydrogen-bond acceptors (Lipinski definition) is 8. The molecule has 3 heterocycles. The van der Waals surface area contributed by atoms with Gasteiger partial charge in [0.05, 0.1) is 31.1 Å². The van der Waals surface area contributed by atoms with Crippen LogP contribution in [0.4, 0.5) is 5.95 Å². The first kappa shape index (κ1) is 13.9. The van der Waals surface area contributed by atoms with Gasteiger partial charge in [-0.15, -0.1) is 0 Å². The molecule has 0 amide bonds. The van der Waals surface area contributed by atoms with Crippen LogP contribution in [0.5, 0.6) is 0 Å². The summed E-state index contributed by atoms with van der Waals surface area (Å²) in [6.07, 6.45) is 0.169. The highest BCUT2D eigenvalue weighted by Gasteiger charge is 2.41. The minimum absolute atomic E-state index is 0.0591. The fraction of sp³-hybridized carbons (Fsp3) is 0.545. The zero-order chi connectivity index (χ0) is 15.3. The molecule has 0 radical (unpaired) electrons. The average Bonchev–Trinajstić information content (AvgIpc) is 2.99. The lowest BCUT2D eigenvalue weighted by Gasteiger charge is -2.17. The highest BCUT2D eigenvalue weighted by Crippen LogP contribution is 2.28. The molecule has 1 aliphatic heterocycles. The number of aliphatic hydroxyl groups is 1. The Hall–Kier alpha value is -2.01. The van der Waals surface area contributed by atoms with E-state index < -0.39 is 24.4 Å². The molecule has 21 heavy (non-hydrogen) atoms. The lowest BCUT2D eigenvalue weighted by Crippen LogP contribution is -2.46. The molecule has 10 nitrogen and oxygen atoms in total. The molecule has 0 saturated carbocycles. The number of nitrogens with zero attached hydrogens (tertiary/aromatic N) is 4. The number of imidazole rings is 1. The Kier molecular flexibility index (Phi) is 3.17. The molecule has 7 N–H and O–H groups in total. The first-order chi connectivity index (χ1) is 9.95. The zero-order valence-corrected chi connectivity index (χ0v) is 11.4. The van der Waals surface area contributed by atoms with E-state index in [2.05, 4.69) is 9.97 Å². The normalized spacial score (nSPS) is 29.3. The van der Waals surface area contributed by atoms with Crippen LogP contribution in [0.3, 0.4) is 0 Å². The minimum atomic E-state index is -0.666. The highest BCUT2D eigenvalue weighted by atomic mass is 16.5. The number of ether oxygens (including phenoxy) is 1. The van der Waals surface area contributed by atoms with E-state index in [1.807, 2.05) is 0 Å². The molecule has 10 heteroatoms. The smallest absolute Gasteiger partial charge is 0.282 e. The summed E-state index contributed by atoms with van der Waals surface area (Å²) in [5.41, 5.74) is 17.7. The number of aliphatic hydroxyl groups excluding tert-OH is 1. The molecule has 1 fully saturated rings. The molecular weight excluding hydrogens is 278 g/mol. The van der Waals surface area contributed by atoms with E-state index in [0.29, 0.717) is 0 Å². The number of rotatable bonds is 2. The lowest BCUT2D eigenvalue weighted by molar-refractivity contribution is -0.0261. The second kappa shape index (κ2) is 4.77. The van der Waals surface area contributed by atoms with Crippen molar-refractivity contribution in [3.8, 4) is 0 Å². The van der Waals surface area contributed by atoms with Crippen molar-refractivity contribution >= 4 is 17.1 Å². The fourth-order valence-electron chi connectivity index (χ4n) is 2.46. The summed E-state index contributed by atoms with van der Waals surface area (Å²) in [4.78, 5) is 20.3. The van der Waals surface area contributed by atoms with Crippen LogP contribution in [-0.2, 0) is 11.8 Å². The first-order valence-corrected chi connectivity index (χ1v) is 6.42. The Morgan fingerprint density at radius 1 is 1.43 bits per heavy atom. The van der Waals surface area contributed by atoms with Crippen molar-refractivity contribution in [3.63, 3.8) is 0 Å². The summed E-state index contributed by atoms with van der Waals surface area (Å²) < 4.78 is 8.36. The number of anilines is 1. The van der Waals surface area contributed by atoms with Gasteiger partial charge in [-0.3, -0.25) is 13.9 Å². The maximum Gasteiger partial charge on any atom is 0.282 e. The van der Waals surface area contributed by atoms with Crippen LogP contribution in [-0.4, -0.2) is 49.0 Å². The Morgan fingerprint density at radius 2 is 2.14 bits per heavy atom. The van der Waals surface area contributed by atoms with E-state index in [4.69, 9.17) is 21.9 Å². The van der Waals surface area contributed by atoms with Crippen molar-refractivity contribution in [2.24, 2.45) is 18.5 Å². The SMILES string of the molecule is Cn1c(N)nc2c(ncn2[C@@H]2O[C@H](CO)C(N)C2N)c1=O. The quantitative estimate of drug-likeness (QED) is 0.464. The third-order valence-electron chi connectivity index (χ3n) is 3.81. The van der Waals surface area contributed by atoms with Gasteiger partial charge in [0.25, 0.3) is 5.56 Å². The molecule has 1 saturated heterocycles. The molecule has 3 rings (SSSR count). The third kappa shape index (κ3) is 1.92. The van der Waals surface area contributed by atoms with E-state index in [0.717, 1.165) is 0 Å². The molecule has 0 bridgehead atoms. The maximum absolute atomic E-state index is 12.1. The Balaban J connectivity index is 2.12. The standard InChI is InChI=1S/C11H17N7O3/c1-17-9(20)7-8(16-11(17)14)18(3-15-7)10-6(13)5(12)4(2-19)21-10/h3-6,10,19H,2,12-13H2,1H3,(H2,14,16)/t4-,5?,6?,10-/m1/s1. The van der Waals surface area contributed by atoms with E-state index in [1.54, 1.807) is 0 Å². The molecule has 2 unspecified atom stereocenters. The predicted octanol–water partition coefficient (Wildman–Crippen LogP) is -2.74. The topological polar surface area (TPSA) is 160 Å². The summed E-state index contributed by atoms with van der Waals surface area (Å²) in [6, 6.07) is -1.09. The van der Waals surface area contributed by atoms with Crippen LogP contribution in [0.25, 0.3) is 11.2 Å². The van der Waals surface area contributed by atoms with E-state index in [-0.39, 0.29) is 29.3 Å². The summed E-state index contributed by atoms with van der Waals surface area (Å²) in [6.45, 7) is -0.241. The van der Waals surface area contributed by atoms with Gasteiger partial charge in [0.1, 0.15) is 0 Å². The van der Waals surface area contributed by atoms with Crippen LogP contribution < -0.4 is 22.8 Å². The number of nitrogens with two attached hydrogens (primary N) is 3. The van der Waals surface area contributed by atoms with Crippen molar-refractivity contribution in [1.82, 2.24) is 19.1 Å². The molecular formula is C11H17N7O3. The summed E-state index contributed by atoms with van der Waals surface area (Å²) in [7, 11) is 1.51. The summed E-state index contributed by atoms with van der Waals surface area (Å²) in [5, 5.41) is 9.23. The van der Waals surface area contributed by atoms with Gasteiger partial charge in [0.2, 0.25) is 5.95 Å². The van der Waals surface area contributed by atoms with Gasteiger partial charge >= 0.3 is 0 Å². The molecule has 0 spiro atoms. The molecule has 4 atom stereocenters. The van der Waals surface area contributed by atoms with Gasteiger partial charge in [-0.1, -0.05) is 0 Å². The maximum atomic E-state index is 12.1. The molecule has 0 aromatic carbocycles. The lowest BCUT2D eigenvalue weighted by atomic mass is 10.1. The van der Waals surface area contributed by atoms with Gasteiger partial charge < -0.3 is 27.0 Å². The van der Waals surface area contributed by atoms with Crippen LogP contribution in [0.15, 0.2) is 11.1 Å². The fourth-order valence-corrected chi connectivity index (χ4v) is 2.46. The van der Waals surface area contributed by atoms with E-state index in [1.165, 1.54) is 22.5 Å². The Labute approximate surface area is 119 Å². The molecule has 2 aromatic rings. The number of nitrogen functional groups attached to an aromatic ring is 1. The second-order valence-corrected chi connectivity index (χ2v) is 5.06. The van der Waals surface area contributed by atoms with Crippen molar-refractivity contribution in [1.29, 1.82) is 0 Å². The molecule has 114 valence electrons. The molecule has 0 aliphatic carbocycles. The van der Waals surface area contributed by atoms with E-state index in [9.17, 15) is 9.90 Å². The zero-order valence-electron chi connectivity index (χ0n) is 11.4. The average molecular weight is 295 g/mol. The largest absolute Gasteiger partial charge is 0.394 e. The van der Waals surface area contributed by atoms with Crippen molar-refractivity contribution in [3.05, 3.63) is 16.7 Å². The number of hydrogen-bond donors (Lipinski definition) is 4. The highest BCUT2D eigenvalue weighted by molar-refractivity contribution is 5.71. The minimum Gasteiger partial charge on any atom is -0.394 e. The third-order valence-corrected chi connectivity index (χ3v) is 3.81. The van der Waals surface area contributed by atoms with Gasteiger partial charge in [-0.05, 0) is 0 Å². The summed E-state index contributed by atoms with van der Waals surface area (Å²) in [5.74, 6) is 0.0591.